The van der Waals surface area contributed by atoms with E-state index in [9.17, 15) is 14.7 Å². The SMILES string of the molecule is CCCCn1c(=O)n(CC(O)COc2cc(C)ccc2C)c(=O)c2c1ncn2C1CCCC1. The van der Waals surface area contributed by atoms with Gasteiger partial charge in [0.05, 0.1) is 12.9 Å². The van der Waals surface area contributed by atoms with Gasteiger partial charge in [0.25, 0.3) is 5.56 Å². The normalized spacial score (nSPS) is 15.4. The second-order valence-electron chi connectivity index (χ2n) is 9.20. The number of rotatable bonds is 9. The predicted octanol–water partition coefficient (Wildman–Crippen LogP) is 3.33. The van der Waals surface area contributed by atoms with Crippen LogP contribution in [0.5, 0.6) is 5.75 Å². The molecule has 2 aromatic heterocycles. The van der Waals surface area contributed by atoms with Crippen LogP contribution >= 0.6 is 0 Å². The molecule has 1 aliphatic carbocycles. The van der Waals surface area contributed by atoms with E-state index >= 15 is 0 Å². The third kappa shape index (κ3) is 4.76. The lowest BCUT2D eigenvalue weighted by Crippen LogP contribution is -2.44. The van der Waals surface area contributed by atoms with Crippen LogP contribution in [0.1, 0.15) is 62.6 Å². The number of unbranched alkanes of at least 4 members (excludes halogenated alkanes) is 1. The topological polar surface area (TPSA) is 91.3 Å². The molecule has 1 unspecified atom stereocenters. The fourth-order valence-corrected chi connectivity index (χ4v) is 4.66. The number of ether oxygens (including phenoxy) is 1. The molecule has 1 atom stereocenters. The van der Waals surface area contributed by atoms with Crippen LogP contribution in [0, 0.1) is 13.8 Å². The molecule has 1 fully saturated rings. The van der Waals surface area contributed by atoms with Crippen molar-refractivity contribution in [2.45, 2.75) is 84.5 Å². The molecule has 1 saturated carbocycles. The zero-order chi connectivity index (χ0) is 23.5. The Morgan fingerprint density at radius 2 is 1.94 bits per heavy atom. The van der Waals surface area contributed by atoms with Gasteiger partial charge in [-0.15, -0.1) is 0 Å². The largest absolute Gasteiger partial charge is 0.491 e. The van der Waals surface area contributed by atoms with Crippen molar-refractivity contribution in [3.8, 4) is 5.75 Å². The van der Waals surface area contributed by atoms with E-state index in [-0.39, 0.29) is 19.2 Å². The molecular weight excluding hydrogens is 420 g/mol. The zero-order valence-corrected chi connectivity index (χ0v) is 19.8. The van der Waals surface area contributed by atoms with Crippen molar-refractivity contribution in [1.29, 1.82) is 0 Å². The minimum Gasteiger partial charge on any atom is -0.491 e. The van der Waals surface area contributed by atoms with Gasteiger partial charge in [0.1, 0.15) is 18.5 Å². The number of imidazole rings is 1. The molecule has 1 aromatic carbocycles. The highest BCUT2D eigenvalue weighted by atomic mass is 16.5. The Morgan fingerprint density at radius 3 is 2.67 bits per heavy atom. The summed E-state index contributed by atoms with van der Waals surface area (Å²) in [6.45, 7) is 6.33. The molecule has 8 nitrogen and oxygen atoms in total. The number of benzene rings is 1. The van der Waals surface area contributed by atoms with E-state index in [1.807, 2.05) is 36.6 Å². The lowest BCUT2D eigenvalue weighted by atomic mass is 10.1. The van der Waals surface area contributed by atoms with E-state index in [0.717, 1.165) is 54.2 Å². The highest BCUT2D eigenvalue weighted by Gasteiger charge is 2.24. The lowest BCUT2D eigenvalue weighted by molar-refractivity contribution is 0.0898. The van der Waals surface area contributed by atoms with Gasteiger partial charge in [-0.25, -0.2) is 9.78 Å². The Labute approximate surface area is 193 Å². The number of aromatic nitrogens is 4. The molecule has 1 aliphatic rings. The molecule has 0 bridgehead atoms. The summed E-state index contributed by atoms with van der Waals surface area (Å²) in [4.78, 5) is 31.2. The average molecular weight is 455 g/mol. The molecule has 4 rings (SSSR count). The first-order chi connectivity index (χ1) is 15.9. The molecule has 33 heavy (non-hydrogen) atoms. The molecule has 0 radical (unpaired) electrons. The number of hydrogen-bond donors (Lipinski definition) is 1. The third-order valence-electron chi connectivity index (χ3n) is 6.56. The monoisotopic (exact) mass is 454 g/mol. The van der Waals surface area contributed by atoms with E-state index in [1.54, 1.807) is 10.9 Å². The van der Waals surface area contributed by atoms with Gasteiger partial charge in [-0.05, 0) is 50.3 Å². The molecule has 2 heterocycles. The number of aliphatic hydroxyl groups excluding tert-OH is 1. The number of nitrogens with zero attached hydrogens (tertiary/aromatic N) is 4. The van der Waals surface area contributed by atoms with Crippen molar-refractivity contribution < 1.29 is 9.84 Å². The Hall–Kier alpha value is -2.87. The van der Waals surface area contributed by atoms with Crippen molar-refractivity contribution in [2.75, 3.05) is 6.61 Å². The van der Waals surface area contributed by atoms with Gasteiger partial charge >= 0.3 is 5.69 Å². The van der Waals surface area contributed by atoms with Gasteiger partial charge in [0.15, 0.2) is 11.2 Å². The molecule has 0 saturated heterocycles. The Kier molecular flexibility index (Phi) is 7.02. The zero-order valence-electron chi connectivity index (χ0n) is 19.8. The minimum atomic E-state index is -1.00. The van der Waals surface area contributed by atoms with Crippen LogP contribution in [-0.4, -0.2) is 36.5 Å². The molecule has 8 heteroatoms. The van der Waals surface area contributed by atoms with Gasteiger partial charge in [0, 0.05) is 12.6 Å². The smallest absolute Gasteiger partial charge is 0.332 e. The maximum absolute atomic E-state index is 13.5. The van der Waals surface area contributed by atoms with Crippen LogP contribution in [0.2, 0.25) is 0 Å². The summed E-state index contributed by atoms with van der Waals surface area (Å²) in [6.07, 6.45) is 6.69. The summed E-state index contributed by atoms with van der Waals surface area (Å²) in [7, 11) is 0. The van der Waals surface area contributed by atoms with Crippen LogP contribution < -0.4 is 16.0 Å². The third-order valence-corrected chi connectivity index (χ3v) is 6.56. The molecule has 178 valence electrons. The first kappa shape index (κ1) is 23.3. The van der Waals surface area contributed by atoms with Crippen molar-refractivity contribution in [3.63, 3.8) is 0 Å². The second-order valence-corrected chi connectivity index (χ2v) is 9.20. The van der Waals surface area contributed by atoms with E-state index in [4.69, 9.17) is 4.74 Å². The van der Waals surface area contributed by atoms with Gasteiger partial charge in [0.2, 0.25) is 0 Å². The number of aryl methyl sites for hydroxylation is 3. The highest BCUT2D eigenvalue weighted by molar-refractivity contribution is 5.70. The molecule has 0 amide bonds. The summed E-state index contributed by atoms with van der Waals surface area (Å²) < 4.78 is 10.5. The fourth-order valence-electron chi connectivity index (χ4n) is 4.66. The minimum absolute atomic E-state index is 0.00887. The molecular formula is C25H34N4O4. The van der Waals surface area contributed by atoms with Crippen molar-refractivity contribution in [1.82, 2.24) is 18.7 Å². The maximum Gasteiger partial charge on any atom is 0.332 e. The molecule has 0 spiro atoms. The van der Waals surface area contributed by atoms with Crippen LogP contribution in [-0.2, 0) is 13.1 Å². The number of fused-ring (bicyclic) bond motifs is 1. The van der Waals surface area contributed by atoms with Crippen LogP contribution in [0.15, 0.2) is 34.1 Å². The summed E-state index contributed by atoms with van der Waals surface area (Å²) in [6, 6.07) is 6.11. The molecule has 3 aromatic rings. The van der Waals surface area contributed by atoms with Crippen molar-refractivity contribution in [2.24, 2.45) is 0 Å². The maximum atomic E-state index is 13.5. The first-order valence-electron chi connectivity index (χ1n) is 12.0. The highest BCUT2D eigenvalue weighted by Crippen LogP contribution is 2.31. The van der Waals surface area contributed by atoms with Crippen LogP contribution in [0.25, 0.3) is 11.2 Å². The molecule has 1 N–H and O–H groups in total. The van der Waals surface area contributed by atoms with Gasteiger partial charge < -0.3 is 14.4 Å². The average Bonchev–Trinajstić information content (AvgIpc) is 3.47. The van der Waals surface area contributed by atoms with Crippen molar-refractivity contribution in [3.05, 3.63) is 56.5 Å². The Balaban J connectivity index is 1.67. The van der Waals surface area contributed by atoms with Gasteiger partial charge in [-0.2, -0.15) is 0 Å². The van der Waals surface area contributed by atoms with E-state index in [2.05, 4.69) is 11.9 Å². The van der Waals surface area contributed by atoms with Gasteiger partial charge in [-0.3, -0.25) is 13.9 Å². The van der Waals surface area contributed by atoms with Crippen LogP contribution in [0.3, 0.4) is 0 Å². The molecule has 0 aliphatic heterocycles. The summed E-state index contributed by atoms with van der Waals surface area (Å²) in [5.74, 6) is 0.691. The predicted molar refractivity (Wildman–Crippen MR) is 128 cm³/mol. The summed E-state index contributed by atoms with van der Waals surface area (Å²) >= 11 is 0. The Morgan fingerprint density at radius 1 is 1.18 bits per heavy atom. The summed E-state index contributed by atoms with van der Waals surface area (Å²) in [5.41, 5.74) is 2.11. The summed E-state index contributed by atoms with van der Waals surface area (Å²) in [5, 5.41) is 10.7. The first-order valence-corrected chi connectivity index (χ1v) is 12.0. The number of hydrogen-bond acceptors (Lipinski definition) is 5. The standard InChI is InChI=1S/C25H34N4O4/c1-4-5-12-27-23-22(29(16-26-23)19-8-6-7-9-19)24(31)28(25(27)32)14-20(30)15-33-21-13-17(2)10-11-18(21)3/h10-11,13,16,19-20,30H,4-9,12,14-15H2,1-3H3. The van der Waals surface area contributed by atoms with Crippen LogP contribution in [0.4, 0.5) is 0 Å². The van der Waals surface area contributed by atoms with E-state index in [1.165, 1.54) is 0 Å². The van der Waals surface area contributed by atoms with E-state index in [0.29, 0.717) is 23.5 Å². The Bertz CT molecular complexity index is 1230. The second kappa shape index (κ2) is 9.95. The van der Waals surface area contributed by atoms with Crippen molar-refractivity contribution >= 4 is 11.2 Å². The quantitative estimate of drug-likeness (QED) is 0.536. The lowest BCUT2D eigenvalue weighted by Gasteiger charge is -2.18. The fraction of sp³-hybridized carbons (Fsp3) is 0.560. The number of aliphatic hydroxyl groups is 1. The van der Waals surface area contributed by atoms with Gasteiger partial charge in [-0.1, -0.05) is 38.3 Å². The van der Waals surface area contributed by atoms with E-state index < -0.39 is 17.4 Å².